The third kappa shape index (κ3) is 4.60. The summed E-state index contributed by atoms with van der Waals surface area (Å²) in [6, 6.07) is 69.7. The van der Waals surface area contributed by atoms with E-state index in [1.54, 1.807) is 0 Å². The Kier molecular flexibility index (Phi) is 6.60. The van der Waals surface area contributed by atoms with Crippen LogP contribution in [0.1, 0.15) is 0 Å². The highest BCUT2D eigenvalue weighted by atomic mass is 15.0. The molecule has 3 aromatic heterocycles. The average molecular weight is 713 g/mol. The minimum absolute atomic E-state index is 0.721. The molecule has 0 fully saturated rings. The fourth-order valence-corrected chi connectivity index (χ4v) is 8.89. The summed E-state index contributed by atoms with van der Waals surface area (Å²) in [4.78, 5) is 10.6. The molecule has 0 aliphatic carbocycles. The maximum absolute atomic E-state index is 5.32. The van der Waals surface area contributed by atoms with Crippen LogP contribution in [0.5, 0.6) is 0 Å². The summed E-state index contributed by atoms with van der Waals surface area (Å²) in [6.45, 7) is 0. The van der Waals surface area contributed by atoms with E-state index in [1.165, 1.54) is 48.9 Å². The van der Waals surface area contributed by atoms with Crippen molar-refractivity contribution in [1.29, 1.82) is 0 Å². The van der Waals surface area contributed by atoms with Crippen LogP contribution in [-0.2, 0) is 0 Å². The van der Waals surface area contributed by atoms with Gasteiger partial charge in [-0.05, 0) is 70.8 Å². The number of benzene rings is 9. The number of nitrogens with zero attached hydrogens (tertiary/aromatic N) is 4. The summed E-state index contributed by atoms with van der Waals surface area (Å²) in [6.07, 6.45) is 0. The summed E-state index contributed by atoms with van der Waals surface area (Å²) in [7, 11) is 0. The summed E-state index contributed by atoms with van der Waals surface area (Å²) in [5.74, 6) is 0.721. The van der Waals surface area contributed by atoms with E-state index in [2.05, 4.69) is 203 Å². The number of hydrogen-bond donors (Lipinski definition) is 0. The van der Waals surface area contributed by atoms with Crippen molar-refractivity contribution in [3.63, 3.8) is 0 Å². The lowest BCUT2D eigenvalue weighted by molar-refractivity contribution is 1.15. The molecule has 0 bridgehead atoms. The lowest BCUT2D eigenvalue weighted by atomic mass is 10.0. The number of aromatic nitrogens is 4. The molecule has 0 amide bonds. The largest absolute Gasteiger partial charge is 0.309 e. The van der Waals surface area contributed by atoms with Gasteiger partial charge in [0.1, 0.15) is 0 Å². The Hall–Kier alpha value is -7.56. The predicted molar refractivity (Wildman–Crippen MR) is 234 cm³/mol. The van der Waals surface area contributed by atoms with Gasteiger partial charge in [-0.15, -0.1) is 0 Å². The summed E-state index contributed by atoms with van der Waals surface area (Å²) in [5.41, 5.74) is 10.9. The molecule has 4 heteroatoms. The Morgan fingerprint density at radius 3 is 1.50 bits per heavy atom. The van der Waals surface area contributed by atoms with Crippen LogP contribution in [0.2, 0.25) is 0 Å². The van der Waals surface area contributed by atoms with E-state index >= 15 is 0 Å². The lowest BCUT2D eigenvalue weighted by Gasteiger charge is -2.14. The molecule has 0 saturated carbocycles. The molecule has 0 atom stereocenters. The van der Waals surface area contributed by atoms with Crippen molar-refractivity contribution in [2.24, 2.45) is 0 Å². The van der Waals surface area contributed by atoms with Crippen LogP contribution in [0.4, 0.5) is 0 Å². The first-order chi connectivity index (χ1) is 27.8. The first kappa shape index (κ1) is 30.9. The standard InChI is InChI=1S/C52H32N4/c1-2-13-36-31-37(22-21-33(36)11-1)52-53-50(45-29-25-34-12-3-4-14-40(34)51(45)54-52)35-23-26-38(27-24-35)55-46-18-8-7-17-43(46)44-30-28-39(32-49(44)55)56-47-19-9-5-15-41(47)42-16-6-10-20-48(42)56/h1-32H. The molecule has 260 valence electrons. The van der Waals surface area contributed by atoms with Gasteiger partial charge in [-0.2, -0.15) is 0 Å². The van der Waals surface area contributed by atoms with E-state index < -0.39 is 0 Å². The second kappa shape index (κ2) is 12.0. The molecule has 4 nitrogen and oxygen atoms in total. The van der Waals surface area contributed by atoms with Gasteiger partial charge in [0.2, 0.25) is 0 Å². The van der Waals surface area contributed by atoms with Crippen molar-refractivity contribution < 1.29 is 0 Å². The molecule has 0 aliphatic heterocycles. The van der Waals surface area contributed by atoms with Gasteiger partial charge in [0, 0.05) is 54.8 Å². The minimum atomic E-state index is 0.721. The molecular formula is C52H32N4. The van der Waals surface area contributed by atoms with Gasteiger partial charge in [0.25, 0.3) is 0 Å². The molecular weight excluding hydrogens is 681 g/mol. The van der Waals surface area contributed by atoms with E-state index in [1.807, 2.05) is 0 Å². The van der Waals surface area contributed by atoms with Gasteiger partial charge >= 0.3 is 0 Å². The quantitative estimate of drug-likeness (QED) is 0.170. The van der Waals surface area contributed by atoms with Gasteiger partial charge in [-0.3, -0.25) is 0 Å². The van der Waals surface area contributed by atoms with E-state index in [4.69, 9.17) is 9.97 Å². The zero-order valence-electron chi connectivity index (χ0n) is 30.3. The van der Waals surface area contributed by atoms with Gasteiger partial charge in [0.05, 0.1) is 33.3 Å². The van der Waals surface area contributed by atoms with Crippen molar-refractivity contribution in [2.75, 3.05) is 0 Å². The minimum Gasteiger partial charge on any atom is -0.309 e. The highest BCUT2D eigenvalue weighted by Gasteiger charge is 2.18. The third-order valence-corrected chi connectivity index (χ3v) is 11.5. The zero-order chi connectivity index (χ0) is 36.7. The van der Waals surface area contributed by atoms with E-state index in [0.717, 1.165) is 61.2 Å². The SMILES string of the molecule is c1ccc2cc(-c3nc(-c4ccc(-n5c6ccccc6c6ccc(-n7c8ccccc8c8ccccc87)cc65)cc4)c4ccc5ccccc5c4n3)ccc2c1. The molecule has 9 aromatic carbocycles. The summed E-state index contributed by atoms with van der Waals surface area (Å²) >= 11 is 0. The van der Waals surface area contributed by atoms with Crippen LogP contribution in [-0.4, -0.2) is 19.1 Å². The molecule has 12 rings (SSSR count). The second-order valence-corrected chi connectivity index (χ2v) is 14.6. The van der Waals surface area contributed by atoms with Crippen LogP contribution in [0.3, 0.4) is 0 Å². The Balaban J connectivity index is 1.05. The number of rotatable bonds is 4. The van der Waals surface area contributed by atoms with Crippen LogP contribution in [0.15, 0.2) is 194 Å². The van der Waals surface area contributed by atoms with Crippen molar-refractivity contribution >= 4 is 76.1 Å². The van der Waals surface area contributed by atoms with E-state index in [0.29, 0.717) is 0 Å². The molecule has 0 spiro atoms. The molecule has 0 N–H and O–H groups in total. The first-order valence-corrected chi connectivity index (χ1v) is 19.1. The van der Waals surface area contributed by atoms with Crippen molar-refractivity contribution in [3.8, 4) is 34.0 Å². The van der Waals surface area contributed by atoms with Gasteiger partial charge in [-0.25, -0.2) is 9.97 Å². The van der Waals surface area contributed by atoms with Gasteiger partial charge in [0.15, 0.2) is 5.82 Å². The van der Waals surface area contributed by atoms with Crippen LogP contribution in [0, 0.1) is 0 Å². The molecule has 0 aliphatic rings. The molecule has 0 saturated heterocycles. The molecule has 56 heavy (non-hydrogen) atoms. The average Bonchev–Trinajstić information content (AvgIpc) is 3.78. The Morgan fingerprint density at radius 2 is 0.804 bits per heavy atom. The maximum atomic E-state index is 5.32. The Bertz CT molecular complexity index is 3480. The highest BCUT2D eigenvalue weighted by molar-refractivity contribution is 6.13. The van der Waals surface area contributed by atoms with Crippen molar-refractivity contribution in [1.82, 2.24) is 19.1 Å². The van der Waals surface area contributed by atoms with E-state index in [-0.39, 0.29) is 0 Å². The predicted octanol–water partition coefficient (Wildman–Crippen LogP) is 13.5. The number of fused-ring (bicyclic) bond motifs is 10. The summed E-state index contributed by atoms with van der Waals surface area (Å²) < 4.78 is 4.80. The summed E-state index contributed by atoms with van der Waals surface area (Å²) in [5, 5.41) is 10.7. The zero-order valence-corrected chi connectivity index (χ0v) is 30.3. The monoisotopic (exact) mass is 712 g/mol. The maximum Gasteiger partial charge on any atom is 0.160 e. The topological polar surface area (TPSA) is 35.6 Å². The van der Waals surface area contributed by atoms with Crippen molar-refractivity contribution in [3.05, 3.63) is 194 Å². The lowest BCUT2D eigenvalue weighted by Crippen LogP contribution is -1.98. The number of hydrogen-bond acceptors (Lipinski definition) is 2. The van der Waals surface area contributed by atoms with E-state index in [9.17, 15) is 0 Å². The smallest absolute Gasteiger partial charge is 0.160 e. The molecule has 0 unspecified atom stereocenters. The van der Waals surface area contributed by atoms with Gasteiger partial charge in [-0.1, -0.05) is 140 Å². The third-order valence-electron chi connectivity index (χ3n) is 11.5. The van der Waals surface area contributed by atoms with Crippen LogP contribution >= 0.6 is 0 Å². The van der Waals surface area contributed by atoms with Gasteiger partial charge < -0.3 is 9.13 Å². The number of para-hydroxylation sites is 3. The Labute approximate surface area is 322 Å². The molecule has 0 radical (unpaired) electrons. The molecule has 12 aromatic rings. The molecule has 3 heterocycles. The fourth-order valence-electron chi connectivity index (χ4n) is 8.89. The van der Waals surface area contributed by atoms with Crippen LogP contribution < -0.4 is 0 Å². The first-order valence-electron chi connectivity index (χ1n) is 19.1. The second-order valence-electron chi connectivity index (χ2n) is 14.6. The Morgan fingerprint density at radius 1 is 0.304 bits per heavy atom. The normalized spacial score (nSPS) is 11.9. The van der Waals surface area contributed by atoms with Crippen LogP contribution in [0.25, 0.3) is 110 Å². The van der Waals surface area contributed by atoms with Crippen molar-refractivity contribution in [2.45, 2.75) is 0 Å². The highest BCUT2D eigenvalue weighted by Crippen LogP contribution is 2.38. The fraction of sp³-hybridized carbons (Fsp3) is 0.